The Bertz CT molecular complexity index is 1610. The first-order valence-electron chi connectivity index (χ1n) is 15.8. The summed E-state index contributed by atoms with van der Waals surface area (Å²) in [6, 6.07) is 9.16. The lowest BCUT2D eigenvalue weighted by Gasteiger charge is -2.50. The zero-order valence-corrected chi connectivity index (χ0v) is 27.4. The lowest BCUT2D eigenvalue weighted by molar-refractivity contribution is -0.159. The summed E-state index contributed by atoms with van der Waals surface area (Å²) in [4.78, 5) is 35.9. The van der Waals surface area contributed by atoms with Crippen molar-refractivity contribution in [1.29, 1.82) is 0 Å². The standard InChI is InChI=1S/C33H36F6N4O5S/c1-2-7-26-31(48-22-20-27(49-21-22)32(34,35)36,11-6-13-43(26)29(45)23-8-5-12-40-28(23)33(37,38)39)30(46)42-16-14-41(15-17-42)24-9-3-4-10-25(24)47-19-18-44/h3-5,8-10,12,20-21,26,44H,2,6-7,11,13-19H2,1H3/t26-,31+/m1/s1. The van der Waals surface area contributed by atoms with E-state index in [1.165, 1.54) is 15.9 Å². The summed E-state index contributed by atoms with van der Waals surface area (Å²) in [5.41, 5.74) is -3.20. The number of benzene rings is 1. The fourth-order valence-electron chi connectivity index (χ4n) is 6.51. The maximum atomic E-state index is 14.7. The smallest absolute Gasteiger partial charge is 0.434 e. The minimum Gasteiger partial charge on any atom is -0.489 e. The minimum absolute atomic E-state index is 0.00389. The van der Waals surface area contributed by atoms with Crippen LogP contribution in [0.25, 0.3) is 0 Å². The van der Waals surface area contributed by atoms with Crippen molar-refractivity contribution in [3.63, 3.8) is 0 Å². The van der Waals surface area contributed by atoms with Crippen LogP contribution in [0.4, 0.5) is 32.0 Å². The summed E-state index contributed by atoms with van der Waals surface area (Å²) in [5.74, 6) is -1.22. The van der Waals surface area contributed by atoms with Gasteiger partial charge in [0.05, 0.1) is 23.9 Å². The first kappa shape index (κ1) is 36.2. The maximum Gasteiger partial charge on any atom is 0.434 e. The van der Waals surface area contributed by atoms with E-state index in [4.69, 9.17) is 9.47 Å². The van der Waals surface area contributed by atoms with E-state index in [1.54, 1.807) is 19.1 Å². The fourth-order valence-corrected chi connectivity index (χ4v) is 7.18. The first-order valence-corrected chi connectivity index (χ1v) is 16.7. The molecule has 2 aliphatic rings. The van der Waals surface area contributed by atoms with Gasteiger partial charge in [-0.2, -0.15) is 26.3 Å². The van der Waals surface area contributed by atoms with Crippen molar-refractivity contribution in [2.45, 2.75) is 56.6 Å². The van der Waals surface area contributed by atoms with Crippen molar-refractivity contribution in [2.75, 3.05) is 50.8 Å². The van der Waals surface area contributed by atoms with E-state index in [0.29, 0.717) is 36.6 Å². The number of nitrogens with zero attached hydrogens (tertiary/aromatic N) is 4. The summed E-state index contributed by atoms with van der Waals surface area (Å²) in [6.07, 6.45) is -7.98. The molecule has 2 saturated heterocycles. The molecule has 2 fully saturated rings. The largest absolute Gasteiger partial charge is 0.489 e. The number of alkyl halides is 6. The van der Waals surface area contributed by atoms with E-state index in [9.17, 15) is 41.0 Å². The van der Waals surface area contributed by atoms with Gasteiger partial charge in [-0.15, -0.1) is 11.3 Å². The highest BCUT2D eigenvalue weighted by molar-refractivity contribution is 7.10. The second-order valence-electron chi connectivity index (χ2n) is 11.8. The molecule has 266 valence electrons. The highest BCUT2D eigenvalue weighted by atomic mass is 32.1. The summed E-state index contributed by atoms with van der Waals surface area (Å²) >= 11 is 0.396. The van der Waals surface area contributed by atoms with Gasteiger partial charge < -0.3 is 29.3 Å². The van der Waals surface area contributed by atoms with Gasteiger partial charge in [0.15, 0.2) is 5.69 Å². The number of rotatable bonds is 10. The molecular formula is C33H36F6N4O5S. The van der Waals surface area contributed by atoms with E-state index in [1.807, 2.05) is 17.0 Å². The molecule has 2 aliphatic heterocycles. The number of aliphatic hydroxyl groups excluding tert-OH is 1. The predicted octanol–water partition coefficient (Wildman–Crippen LogP) is 6.12. The molecule has 49 heavy (non-hydrogen) atoms. The van der Waals surface area contributed by atoms with E-state index in [0.717, 1.165) is 29.4 Å². The monoisotopic (exact) mass is 714 g/mol. The molecule has 9 nitrogen and oxygen atoms in total. The Morgan fingerprint density at radius 2 is 1.76 bits per heavy atom. The van der Waals surface area contributed by atoms with E-state index in [-0.39, 0.29) is 57.9 Å². The van der Waals surface area contributed by atoms with Gasteiger partial charge in [0.25, 0.3) is 11.8 Å². The zero-order valence-electron chi connectivity index (χ0n) is 26.6. The number of anilines is 1. The number of likely N-dealkylation sites (tertiary alicyclic amines) is 1. The number of carbonyl (C=O) groups excluding carboxylic acids is 2. The van der Waals surface area contributed by atoms with E-state index < -0.39 is 51.9 Å². The molecule has 1 N–H and O–H groups in total. The lowest BCUT2D eigenvalue weighted by atomic mass is 9.79. The maximum absolute atomic E-state index is 14.7. The summed E-state index contributed by atoms with van der Waals surface area (Å²) in [7, 11) is 0. The normalized spacial score (nSPS) is 20.3. The Kier molecular flexibility index (Phi) is 11.0. The number of carbonyl (C=O) groups is 2. The van der Waals surface area contributed by atoms with Gasteiger partial charge in [0.1, 0.15) is 23.0 Å². The Labute approximate surface area is 283 Å². The average molecular weight is 715 g/mol. The number of ether oxygens (including phenoxy) is 2. The second kappa shape index (κ2) is 14.8. The molecule has 4 heterocycles. The number of hydrogen-bond donors (Lipinski definition) is 1. The van der Waals surface area contributed by atoms with E-state index in [2.05, 4.69) is 4.98 Å². The van der Waals surface area contributed by atoms with Crippen LogP contribution in [0.3, 0.4) is 0 Å². The van der Waals surface area contributed by atoms with Crippen LogP contribution in [-0.2, 0) is 17.1 Å². The number of aliphatic hydroxyl groups is 1. The summed E-state index contributed by atoms with van der Waals surface area (Å²) < 4.78 is 94.6. The molecule has 2 aromatic heterocycles. The van der Waals surface area contributed by atoms with Gasteiger partial charge in [-0.25, -0.2) is 0 Å². The third-order valence-corrected chi connectivity index (χ3v) is 9.58. The van der Waals surface area contributed by atoms with Crippen LogP contribution in [-0.4, -0.2) is 89.3 Å². The van der Waals surface area contributed by atoms with Gasteiger partial charge >= 0.3 is 12.4 Å². The van der Waals surface area contributed by atoms with Crippen LogP contribution in [0.15, 0.2) is 54.0 Å². The van der Waals surface area contributed by atoms with Gasteiger partial charge in [0.2, 0.25) is 5.60 Å². The number of amides is 2. The average Bonchev–Trinajstić information content (AvgIpc) is 3.56. The van der Waals surface area contributed by atoms with Crippen molar-refractivity contribution in [3.8, 4) is 11.5 Å². The molecule has 0 bridgehead atoms. The van der Waals surface area contributed by atoms with Gasteiger partial charge in [0, 0.05) is 56.8 Å². The molecule has 3 aromatic rings. The molecule has 0 spiro atoms. The van der Waals surface area contributed by atoms with Crippen molar-refractivity contribution in [1.82, 2.24) is 14.8 Å². The number of piperidine rings is 1. The second-order valence-corrected chi connectivity index (χ2v) is 12.7. The molecule has 0 radical (unpaired) electrons. The fraction of sp³-hybridized carbons (Fsp3) is 0.485. The Morgan fingerprint density at radius 3 is 2.41 bits per heavy atom. The van der Waals surface area contributed by atoms with Gasteiger partial charge in [-0.3, -0.25) is 14.6 Å². The highest BCUT2D eigenvalue weighted by Gasteiger charge is 2.56. The number of halogens is 6. The van der Waals surface area contributed by atoms with Crippen LogP contribution < -0.4 is 14.4 Å². The quantitative estimate of drug-likeness (QED) is 0.253. The van der Waals surface area contributed by atoms with Gasteiger partial charge in [-0.1, -0.05) is 25.5 Å². The predicted molar refractivity (Wildman–Crippen MR) is 169 cm³/mol. The molecule has 0 saturated carbocycles. The molecule has 2 amide bonds. The van der Waals surface area contributed by atoms with Crippen molar-refractivity contribution >= 4 is 28.8 Å². The molecule has 0 unspecified atom stereocenters. The third-order valence-electron chi connectivity index (χ3n) is 8.63. The Morgan fingerprint density at radius 1 is 1.02 bits per heavy atom. The molecule has 2 atom stereocenters. The molecule has 5 rings (SSSR count). The van der Waals surface area contributed by atoms with Crippen LogP contribution in [0.1, 0.15) is 53.5 Å². The van der Waals surface area contributed by atoms with Crippen LogP contribution in [0.2, 0.25) is 0 Å². The number of hydrogen-bond acceptors (Lipinski definition) is 8. The van der Waals surface area contributed by atoms with E-state index >= 15 is 0 Å². The molecular weight excluding hydrogens is 678 g/mol. The number of aromatic nitrogens is 1. The van der Waals surface area contributed by atoms with Crippen molar-refractivity contribution in [2.24, 2.45) is 0 Å². The van der Waals surface area contributed by atoms with Crippen LogP contribution in [0.5, 0.6) is 11.5 Å². The minimum atomic E-state index is -4.93. The number of pyridine rings is 1. The molecule has 16 heteroatoms. The lowest BCUT2D eigenvalue weighted by Crippen LogP contribution is -2.69. The van der Waals surface area contributed by atoms with Crippen LogP contribution in [0, 0.1) is 0 Å². The van der Waals surface area contributed by atoms with Crippen LogP contribution >= 0.6 is 11.3 Å². The van der Waals surface area contributed by atoms with Crippen molar-refractivity contribution in [3.05, 3.63) is 70.2 Å². The number of thiophene rings is 1. The Balaban J connectivity index is 1.50. The first-order chi connectivity index (χ1) is 23.3. The summed E-state index contributed by atoms with van der Waals surface area (Å²) in [5, 5.41) is 10.4. The Hall–Kier alpha value is -4.05. The SMILES string of the molecule is CCC[C@H]1N(C(=O)c2cccnc2C(F)(F)F)CCC[C@@]1(Oc1csc(C(F)(F)F)c1)C(=O)N1CCN(c2ccccc2OCCO)CC1. The van der Waals surface area contributed by atoms with Gasteiger partial charge in [-0.05, 0) is 37.1 Å². The summed E-state index contributed by atoms with van der Waals surface area (Å²) in [6.45, 7) is 2.76. The molecule has 1 aromatic carbocycles. The molecule has 0 aliphatic carbocycles. The topological polar surface area (TPSA) is 95.4 Å². The van der Waals surface area contributed by atoms with Crippen molar-refractivity contribution < 1.29 is 50.5 Å². The zero-order chi connectivity index (χ0) is 35.4. The number of para-hydroxylation sites is 2. The highest BCUT2D eigenvalue weighted by Crippen LogP contribution is 2.43. The third kappa shape index (κ3) is 7.74. The number of piperazine rings is 1.